The lowest BCUT2D eigenvalue weighted by Crippen LogP contribution is -2.24. The van der Waals surface area contributed by atoms with Crippen molar-refractivity contribution in [1.82, 2.24) is 9.88 Å². The van der Waals surface area contributed by atoms with Gasteiger partial charge in [-0.3, -0.25) is 9.88 Å². The van der Waals surface area contributed by atoms with Gasteiger partial charge >= 0.3 is 0 Å². The van der Waals surface area contributed by atoms with E-state index in [0.717, 1.165) is 28.5 Å². The fraction of sp³-hybridized carbons (Fsp3) is 0.400. The number of halogens is 2. The zero-order valence-electron chi connectivity index (χ0n) is 11.2. The summed E-state index contributed by atoms with van der Waals surface area (Å²) in [5.41, 5.74) is 2.05. The minimum absolute atomic E-state index is 0.218. The minimum Gasteiger partial charge on any atom is -0.296 e. The Morgan fingerprint density at radius 2 is 1.89 bits per heavy atom. The number of hydrogen-bond donors (Lipinski definition) is 0. The molecule has 0 spiro atoms. The number of aromatic nitrogens is 1. The Morgan fingerprint density at radius 1 is 1.21 bits per heavy atom. The van der Waals surface area contributed by atoms with Gasteiger partial charge in [0.2, 0.25) is 0 Å². The van der Waals surface area contributed by atoms with Gasteiger partial charge in [-0.15, -0.1) is 0 Å². The van der Waals surface area contributed by atoms with Crippen LogP contribution in [-0.4, -0.2) is 29.9 Å². The fourth-order valence-electron chi connectivity index (χ4n) is 2.31. The summed E-state index contributed by atoms with van der Waals surface area (Å²) in [5, 5.41) is 2.23. The zero-order chi connectivity index (χ0) is 13.8. The summed E-state index contributed by atoms with van der Waals surface area (Å²) in [5.74, 6) is 0. The van der Waals surface area contributed by atoms with Crippen LogP contribution < -0.4 is 0 Å². The number of alkyl halides is 2. The molecular weight excluding hydrogens is 246 g/mol. The van der Waals surface area contributed by atoms with Crippen molar-refractivity contribution in [1.29, 1.82) is 0 Å². The maximum atomic E-state index is 12.4. The molecule has 0 N–H and O–H groups in total. The maximum Gasteiger partial charge on any atom is 0.251 e. The van der Waals surface area contributed by atoms with Crippen molar-refractivity contribution in [2.24, 2.45) is 0 Å². The Hall–Kier alpha value is -1.55. The van der Waals surface area contributed by atoms with Crippen LogP contribution in [0, 0.1) is 0 Å². The smallest absolute Gasteiger partial charge is 0.251 e. The number of benzene rings is 1. The van der Waals surface area contributed by atoms with Gasteiger partial charge in [0.15, 0.2) is 0 Å². The van der Waals surface area contributed by atoms with E-state index in [2.05, 4.69) is 11.9 Å². The topological polar surface area (TPSA) is 16.1 Å². The number of rotatable bonds is 5. The monoisotopic (exact) mass is 264 g/mol. The van der Waals surface area contributed by atoms with Crippen LogP contribution in [0.2, 0.25) is 0 Å². The first-order valence-corrected chi connectivity index (χ1v) is 6.44. The number of nitrogens with zero attached hydrogens (tertiary/aromatic N) is 2. The second-order valence-electron chi connectivity index (χ2n) is 4.72. The maximum absolute atomic E-state index is 12.4. The van der Waals surface area contributed by atoms with Gasteiger partial charge in [0.05, 0.1) is 6.54 Å². The molecule has 0 aliphatic rings. The van der Waals surface area contributed by atoms with Gasteiger partial charge in [-0.05, 0) is 24.4 Å². The lowest BCUT2D eigenvalue weighted by Gasteiger charge is -2.17. The van der Waals surface area contributed by atoms with Gasteiger partial charge in [-0.1, -0.05) is 31.2 Å². The van der Waals surface area contributed by atoms with Crippen molar-refractivity contribution in [3.05, 3.63) is 41.7 Å². The van der Waals surface area contributed by atoms with E-state index in [4.69, 9.17) is 0 Å². The summed E-state index contributed by atoms with van der Waals surface area (Å²) in [6, 6.07) is 8.02. The van der Waals surface area contributed by atoms with Gasteiger partial charge < -0.3 is 0 Å². The molecule has 1 aromatic heterocycles. The van der Waals surface area contributed by atoms with Crippen LogP contribution in [0.1, 0.15) is 18.2 Å². The summed E-state index contributed by atoms with van der Waals surface area (Å²) in [4.78, 5) is 6.07. The van der Waals surface area contributed by atoms with Gasteiger partial charge in [0, 0.05) is 23.8 Å². The highest BCUT2D eigenvalue weighted by Gasteiger charge is 2.11. The summed E-state index contributed by atoms with van der Waals surface area (Å²) in [7, 11) is 1.70. The molecular formula is C15H18F2N2. The molecule has 0 bridgehead atoms. The Bertz CT molecular complexity index is 555. The molecule has 19 heavy (non-hydrogen) atoms. The van der Waals surface area contributed by atoms with Crippen molar-refractivity contribution in [3.8, 4) is 0 Å². The molecule has 0 saturated heterocycles. The minimum atomic E-state index is -2.31. The average molecular weight is 264 g/mol. The molecule has 1 aromatic carbocycles. The molecule has 0 unspecified atom stereocenters. The SMILES string of the molecule is CCc1ncc(CN(C)CC(F)F)c2ccccc12. The molecule has 2 aromatic rings. The second-order valence-corrected chi connectivity index (χ2v) is 4.72. The predicted molar refractivity (Wildman–Crippen MR) is 73.5 cm³/mol. The third kappa shape index (κ3) is 3.26. The van der Waals surface area contributed by atoms with Crippen LogP contribution in [0.4, 0.5) is 8.78 Å². The van der Waals surface area contributed by atoms with E-state index in [1.807, 2.05) is 30.5 Å². The van der Waals surface area contributed by atoms with Crippen LogP contribution in [-0.2, 0) is 13.0 Å². The van der Waals surface area contributed by atoms with E-state index in [-0.39, 0.29) is 6.54 Å². The molecule has 0 amide bonds. The molecule has 0 atom stereocenters. The standard InChI is InChI=1S/C15H18F2N2/c1-3-14-13-7-5-4-6-12(13)11(8-18-14)9-19(2)10-15(16)17/h4-8,15H,3,9-10H2,1-2H3. The van der Waals surface area contributed by atoms with Gasteiger partial charge in [-0.25, -0.2) is 8.78 Å². The van der Waals surface area contributed by atoms with Crippen molar-refractivity contribution in [3.63, 3.8) is 0 Å². The third-order valence-electron chi connectivity index (χ3n) is 3.18. The van der Waals surface area contributed by atoms with E-state index in [0.29, 0.717) is 6.54 Å². The first kappa shape index (κ1) is 13.9. The molecule has 0 saturated carbocycles. The highest BCUT2D eigenvalue weighted by atomic mass is 19.3. The Kier molecular flexibility index (Phi) is 4.43. The van der Waals surface area contributed by atoms with E-state index in [9.17, 15) is 8.78 Å². The quantitative estimate of drug-likeness (QED) is 0.821. The summed E-state index contributed by atoms with van der Waals surface area (Å²) < 4.78 is 24.7. The Morgan fingerprint density at radius 3 is 2.53 bits per heavy atom. The van der Waals surface area contributed by atoms with E-state index < -0.39 is 6.43 Å². The molecule has 102 valence electrons. The second kappa shape index (κ2) is 6.06. The molecule has 0 radical (unpaired) electrons. The number of fused-ring (bicyclic) bond motifs is 1. The third-order valence-corrected chi connectivity index (χ3v) is 3.18. The van der Waals surface area contributed by atoms with Crippen molar-refractivity contribution >= 4 is 10.8 Å². The molecule has 0 aliphatic heterocycles. The number of pyridine rings is 1. The van der Waals surface area contributed by atoms with Crippen LogP contribution >= 0.6 is 0 Å². The van der Waals surface area contributed by atoms with Crippen LogP contribution in [0.3, 0.4) is 0 Å². The van der Waals surface area contributed by atoms with Gasteiger partial charge in [0.25, 0.3) is 6.43 Å². The highest BCUT2D eigenvalue weighted by Crippen LogP contribution is 2.22. The van der Waals surface area contributed by atoms with E-state index in [1.165, 1.54) is 0 Å². The van der Waals surface area contributed by atoms with Crippen molar-refractivity contribution < 1.29 is 8.78 Å². The molecule has 4 heteroatoms. The lowest BCUT2D eigenvalue weighted by molar-refractivity contribution is 0.0977. The molecule has 0 aliphatic carbocycles. The predicted octanol–water partition coefficient (Wildman–Crippen LogP) is 3.49. The van der Waals surface area contributed by atoms with Crippen molar-refractivity contribution in [2.75, 3.05) is 13.6 Å². The largest absolute Gasteiger partial charge is 0.296 e. The Balaban J connectivity index is 2.34. The van der Waals surface area contributed by atoms with Crippen LogP contribution in [0.15, 0.2) is 30.5 Å². The van der Waals surface area contributed by atoms with E-state index >= 15 is 0 Å². The van der Waals surface area contributed by atoms with Crippen LogP contribution in [0.5, 0.6) is 0 Å². The van der Waals surface area contributed by atoms with Gasteiger partial charge in [-0.2, -0.15) is 0 Å². The molecule has 0 fully saturated rings. The van der Waals surface area contributed by atoms with Crippen molar-refractivity contribution in [2.45, 2.75) is 26.3 Å². The van der Waals surface area contributed by atoms with Crippen LogP contribution in [0.25, 0.3) is 10.8 Å². The molecule has 2 rings (SSSR count). The summed E-state index contributed by atoms with van der Waals surface area (Å²) >= 11 is 0. The number of aryl methyl sites for hydroxylation is 1. The fourth-order valence-corrected chi connectivity index (χ4v) is 2.31. The normalized spacial score (nSPS) is 11.7. The summed E-state index contributed by atoms with van der Waals surface area (Å²) in [6.07, 6.45) is 0.371. The lowest BCUT2D eigenvalue weighted by atomic mass is 10.0. The molecule has 2 nitrogen and oxygen atoms in total. The zero-order valence-corrected chi connectivity index (χ0v) is 11.2. The Labute approximate surface area is 112 Å². The van der Waals surface area contributed by atoms with Gasteiger partial charge in [0.1, 0.15) is 0 Å². The summed E-state index contributed by atoms with van der Waals surface area (Å²) in [6.45, 7) is 2.34. The first-order chi connectivity index (χ1) is 9.11. The average Bonchev–Trinajstić information content (AvgIpc) is 2.38. The molecule has 1 heterocycles. The number of hydrogen-bond acceptors (Lipinski definition) is 2. The highest BCUT2D eigenvalue weighted by molar-refractivity contribution is 5.87. The first-order valence-electron chi connectivity index (χ1n) is 6.44. The van der Waals surface area contributed by atoms with E-state index in [1.54, 1.807) is 11.9 Å².